The summed E-state index contributed by atoms with van der Waals surface area (Å²) < 4.78 is 0. The molecule has 131 valence electrons. The molecule has 0 aliphatic rings. The van der Waals surface area contributed by atoms with E-state index in [1.165, 1.54) is 0 Å². The van der Waals surface area contributed by atoms with Crippen molar-refractivity contribution in [2.24, 2.45) is 17.8 Å². The number of rotatable bonds is 6. The second-order valence-corrected chi connectivity index (χ2v) is 5.91. The van der Waals surface area contributed by atoms with E-state index in [1.807, 2.05) is 41.5 Å². The minimum absolute atomic E-state index is 0. The Hall–Kier alpha value is -1.07. The molecule has 0 aromatic heterocycles. The van der Waals surface area contributed by atoms with Gasteiger partial charge in [0.05, 0.1) is 0 Å². The van der Waals surface area contributed by atoms with Crippen molar-refractivity contribution in [1.29, 1.82) is 0 Å². The van der Waals surface area contributed by atoms with Gasteiger partial charge in [0.25, 0.3) is 0 Å². The van der Waals surface area contributed by atoms with Crippen LogP contribution in [0.15, 0.2) is 0 Å². The van der Waals surface area contributed by atoms with Crippen LogP contribution in [-0.2, 0) is 31.5 Å². The molecule has 0 atom stereocenters. The molecule has 0 saturated carbocycles. The molecule has 0 rings (SSSR count). The van der Waals surface area contributed by atoms with Crippen LogP contribution in [0.2, 0.25) is 0 Å². The molecule has 0 aromatic carbocycles. The number of carboxylic acids is 3. The molecule has 6 nitrogen and oxygen atoms in total. The molecule has 0 fully saturated rings. The standard InChI is InChI=1S/3C5H10O2.Fe/c3*1-4(2)3-5(6)7;/h3*4H,3H2,1-2H3,(H,6,7);/q;;;+3/p-3. The van der Waals surface area contributed by atoms with Gasteiger partial charge in [0.2, 0.25) is 0 Å². The maximum absolute atomic E-state index is 9.70. The molecule has 0 bridgehead atoms. The fourth-order valence-electron chi connectivity index (χ4n) is 1.00. The van der Waals surface area contributed by atoms with E-state index in [-0.39, 0.29) is 54.1 Å². The van der Waals surface area contributed by atoms with E-state index < -0.39 is 17.9 Å². The maximum Gasteiger partial charge on any atom is 3.00 e. The zero-order chi connectivity index (χ0) is 17.6. The first-order valence-electron chi connectivity index (χ1n) is 6.97. The average molecular weight is 359 g/mol. The van der Waals surface area contributed by atoms with Crippen LogP contribution in [-0.4, -0.2) is 17.9 Å². The zero-order valence-electron chi connectivity index (χ0n) is 14.2. The van der Waals surface area contributed by atoms with Crippen LogP contribution in [0.4, 0.5) is 0 Å². The van der Waals surface area contributed by atoms with Gasteiger partial charge in [-0.25, -0.2) is 0 Å². The van der Waals surface area contributed by atoms with Crippen LogP contribution in [0, 0.1) is 17.8 Å². The molecule has 0 saturated heterocycles. The summed E-state index contributed by atoms with van der Waals surface area (Å²) in [6.07, 6.45) is 0.500. The third kappa shape index (κ3) is 50.9. The maximum atomic E-state index is 9.70. The Morgan fingerprint density at radius 3 is 0.727 bits per heavy atom. The summed E-state index contributed by atoms with van der Waals surface area (Å²) >= 11 is 0. The van der Waals surface area contributed by atoms with Crippen LogP contribution in [0.5, 0.6) is 0 Å². The van der Waals surface area contributed by atoms with Crippen molar-refractivity contribution < 1.29 is 46.8 Å². The summed E-state index contributed by atoms with van der Waals surface area (Å²) in [5.74, 6) is -2.25. The Balaban J connectivity index is -0.000000108. The van der Waals surface area contributed by atoms with Gasteiger partial charge in [0.15, 0.2) is 0 Å². The second kappa shape index (κ2) is 18.0. The molecule has 0 heterocycles. The molecule has 0 amide bonds. The topological polar surface area (TPSA) is 120 Å². The van der Waals surface area contributed by atoms with Gasteiger partial charge in [-0.05, 0) is 37.0 Å². The van der Waals surface area contributed by atoms with E-state index in [1.54, 1.807) is 0 Å². The summed E-state index contributed by atoms with van der Waals surface area (Å²) in [7, 11) is 0. The van der Waals surface area contributed by atoms with Gasteiger partial charge in [-0.2, -0.15) is 0 Å². The first kappa shape index (κ1) is 29.0. The Morgan fingerprint density at radius 2 is 0.727 bits per heavy atom. The quantitative estimate of drug-likeness (QED) is 0.581. The molecule has 0 aromatic rings. The molecule has 0 aliphatic heterocycles. The SMILES string of the molecule is CC(C)CC(=O)[O-].CC(C)CC(=O)[O-].CC(C)CC(=O)[O-].[Fe+3]. The smallest absolute Gasteiger partial charge is 0.550 e. The van der Waals surface area contributed by atoms with E-state index in [4.69, 9.17) is 0 Å². The third-order valence-electron chi connectivity index (χ3n) is 1.72. The number of carbonyl (C=O) groups excluding carboxylic acids is 3. The first-order valence-corrected chi connectivity index (χ1v) is 6.97. The number of hydrogen-bond acceptors (Lipinski definition) is 6. The largest absolute Gasteiger partial charge is 3.00 e. The van der Waals surface area contributed by atoms with Crippen molar-refractivity contribution in [3.8, 4) is 0 Å². The molecule has 1 radical (unpaired) electrons. The van der Waals surface area contributed by atoms with Crippen LogP contribution >= 0.6 is 0 Å². The fourth-order valence-corrected chi connectivity index (χ4v) is 1.00. The number of aliphatic carboxylic acids is 3. The van der Waals surface area contributed by atoms with Crippen molar-refractivity contribution in [2.75, 3.05) is 0 Å². The Bertz CT molecular complexity index is 253. The van der Waals surface area contributed by atoms with Crippen LogP contribution in [0.25, 0.3) is 0 Å². The summed E-state index contributed by atoms with van der Waals surface area (Å²) in [5.41, 5.74) is 0. The summed E-state index contributed by atoms with van der Waals surface area (Å²) in [6.45, 7) is 11.1. The van der Waals surface area contributed by atoms with E-state index in [0.29, 0.717) is 0 Å². The van der Waals surface area contributed by atoms with Crippen LogP contribution in [0.3, 0.4) is 0 Å². The summed E-state index contributed by atoms with van der Waals surface area (Å²) in [5, 5.41) is 29.1. The summed E-state index contributed by atoms with van der Waals surface area (Å²) in [4.78, 5) is 29.1. The minimum atomic E-state index is -0.963. The second-order valence-electron chi connectivity index (χ2n) is 5.91. The van der Waals surface area contributed by atoms with Crippen molar-refractivity contribution >= 4 is 17.9 Å². The zero-order valence-corrected chi connectivity index (χ0v) is 15.3. The Morgan fingerprint density at radius 1 is 0.591 bits per heavy atom. The number of carbonyl (C=O) groups is 3. The molecule has 0 spiro atoms. The van der Waals surface area contributed by atoms with E-state index in [2.05, 4.69) is 0 Å². The average Bonchev–Trinajstić information content (AvgIpc) is 2.10. The Kier molecular flexibility index (Phi) is 23.7. The molecule has 22 heavy (non-hydrogen) atoms. The molecular formula is C15H27FeO6. The normalized spacial score (nSPS) is 9.14. The Labute approximate surface area is 143 Å². The van der Waals surface area contributed by atoms with E-state index >= 15 is 0 Å². The number of carboxylic acid groups (broad SMARTS) is 3. The van der Waals surface area contributed by atoms with Gasteiger partial charge in [-0.15, -0.1) is 0 Å². The van der Waals surface area contributed by atoms with Crippen molar-refractivity contribution in [2.45, 2.75) is 60.8 Å². The van der Waals surface area contributed by atoms with Crippen molar-refractivity contribution in [3.63, 3.8) is 0 Å². The first-order chi connectivity index (χ1) is 9.38. The predicted molar refractivity (Wildman–Crippen MR) is 73.4 cm³/mol. The van der Waals surface area contributed by atoms with Gasteiger partial charge in [0.1, 0.15) is 0 Å². The molecule has 0 unspecified atom stereocenters. The van der Waals surface area contributed by atoms with Gasteiger partial charge >= 0.3 is 17.1 Å². The van der Waals surface area contributed by atoms with Crippen LogP contribution < -0.4 is 15.3 Å². The predicted octanol–water partition coefficient (Wildman–Crippen LogP) is -0.655. The molecule has 0 N–H and O–H groups in total. The summed E-state index contributed by atoms with van der Waals surface area (Å²) in [6, 6.07) is 0. The van der Waals surface area contributed by atoms with Gasteiger partial charge in [-0.1, -0.05) is 41.5 Å². The van der Waals surface area contributed by atoms with Crippen LogP contribution in [0.1, 0.15) is 60.8 Å². The van der Waals surface area contributed by atoms with E-state index in [0.717, 1.165) is 0 Å². The van der Waals surface area contributed by atoms with Gasteiger partial charge in [-0.3, -0.25) is 0 Å². The minimum Gasteiger partial charge on any atom is -0.550 e. The van der Waals surface area contributed by atoms with Crippen molar-refractivity contribution in [3.05, 3.63) is 0 Å². The van der Waals surface area contributed by atoms with Gasteiger partial charge < -0.3 is 29.7 Å². The molecule has 0 aliphatic carbocycles. The number of hydrogen-bond donors (Lipinski definition) is 0. The third-order valence-corrected chi connectivity index (χ3v) is 1.72. The monoisotopic (exact) mass is 359 g/mol. The molecular weight excluding hydrogens is 332 g/mol. The van der Waals surface area contributed by atoms with Gasteiger partial charge in [0, 0.05) is 17.9 Å². The fraction of sp³-hybridized carbons (Fsp3) is 0.800. The molecule has 7 heteroatoms. The van der Waals surface area contributed by atoms with Crippen molar-refractivity contribution in [1.82, 2.24) is 0 Å². The van der Waals surface area contributed by atoms with E-state index in [9.17, 15) is 29.7 Å².